The van der Waals surface area contributed by atoms with Crippen molar-refractivity contribution in [1.29, 1.82) is 0 Å². The molecule has 2 aliphatic heterocycles. The fourth-order valence-corrected chi connectivity index (χ4v) is 7.85. The molecule has 318 valence electrons. The highest BCUT2D eigenvalue weighted by Gasteiger charge is 2.34. The van der Waals surface area contributed by atoms with Gasteiger partial charge < -0.3 is 35.8 Å². The second-order valence-corrected chi connectivity index (χ2v) is 15.7. The molecule has 5 aromatic rings. The Morgan fingerprint density at radius 1 is 0.754 bits per heavy atom. The van der Waals surface area contributed by atoms with Crippen LogP contribution in [0.4, 0.5) is 22.7 Å². The van der Waals surface area contributed by atoms with Crippen molar-refractivity contribution in [2.75, 3.05) is 48.7 Å². The van der Waals surface area contributed by atoms with E-state index in [1.807, 2.05) is 72.8 Å². The van der Waals surface area contributed by atoms with Gasteiger partial charge in [-0.2, -0.15) is 0 Å². The Labute approximate surface area is 356 Å². The van der Waals surface area contributed by atoms with E-state index in [-0.39, 0.29) is 41.2 Å². The number of piperazine rings is 1. The highest BCUT2D eigenvalue weighted by Crippen LogP contribution is 2.39. The molecule has 7 rings (SSSR count). The fraction of sp³-hybridized carbons (Fsp3) is 0.333. The van der Waals surface area contributed by atoms with E-state index in [9.17, 15) is 24.8 Å². The lowest BCUT2D eigenvalue weighted by atomic mass is 9.98. The van der Waals surface area contributed by atoms with Crippen LogP contribution in [-0.4, -0.2) is 65.6 Å². The molecule has 0 spiro atoms. The Bertz CT molecular complexity index is 2230. The number of para-hydroxylation sites is 2. The molecule has 0 aliphatic carbocycles. The number of nitrogen functional groups attached to an aromatic ring is 1. The number of nitrogens with zero attached hydrogens (tertiary/aromatic N) is 3. The summed E-state index contributed by atoms with van der Waals surface area (Å²) >= 11 is 0. The summed E-state index contributed by atoms with van der Waals surface area (Å²) in [6.45, 7) is 4.43. The number of amides is 2. The van der Waals surface area contributed by atoms with Crippen LogP contribution in [-0.2, 0) is 32.2 Å². The van der Waals surface area contributed by atoms with Crippen molar-refractivity contribution in [2.24, 2.45) is 0 Å². The van der Waals surface area contributed by atoms with E-state index < -0.39 is 6.29 Å². The Balaban J connectivity index is 0.910. The Kier molecular flexibility index (Phi) is 14.7. The predicted molar refractivity (Wildman–Crippen MR) is 236 cm³/mol. The van der Waals surface area contributed by atoms with Crippen LogP contribution >= 0.6 is 0 Å². The molecular weight excluding hydrogens is 773 g/mol. The topological polar surface area (TPSA) is 173 Å². The van der Waals surface area contributed by atoms with E-state index >= 15 is 0 Å². The molecule has 13 heteroatoms. The normalized spacial score (nSPS) is 18.0. The van der Waals surface area contributed by atoms with E-state index in [0.29, 0.717) is 50.0 Å². The molecule has 0 saturated carbocycles. The minimum atomic E-state index is -0.580. The first-order valence-electron chi connectivity index (χ1n) is 21.0. The zero-order valence-electron chi connectivity index (χ0n) is 34.3. The minimum Gasteiger partial charge on any atom is -0.397 e. The number of non-ortho nitro benzene ring substituents is 1. The summed E-state index contributed by atoms with van der Waals surface area (Å²) in [5, 5.41) is 26.6. The van der Waals surface area contributed by atoms with Gasteiger partial charge in [-0.1, -0.05) is 85.3 Å². The predicted octanol–water partition coefficient (Wildman–Crippen LogP) is 7.91. The Hall–Kier alpha value is -6.12. The summed E-state index contributed by atoms with van der Waals surface area (Å²) in [5.41, 5.74) is 14.0. The number of nitro benzene ring substituents is 1. The average Bonchev–Trinajstić information content (AvgIpc) is 3.29. The van der Waals surface area contributed by atoms with Gasteiger partial charge in [-0.05, 0) is 71.0 Å². The van der Waals surface area contributed by atoms with Crippen LogP contribution in [0, 0.1) is 10.1 Å². The zero-order valence-corrected chi connectivity index (χ0v) is 34.3. The number of benzene rings is 5. The molecule has 2 saturated heterocycles. The molecule has 0 bridgehead atoms. The summed E-state index contributed by atoms with van der Waals surface area (Å²) in [6.07, 6.45) is 2.76. The van der Waals surface area contributed by atoms with Gasteiger partial charge in [0.2, 0.25) is 11.8 Å². The van der Waals surface area contributed by atoms with Crippen LogP contribution in [0.1, 0.15) is 73.2 Å². The molecule has 2 aliphatic rings. The van der Waals surface area contributed by atoms with Crippen LogP contribution in [0.2, 0.25) is 0 Å². The first-order chi connectivity index (χ1) is 29.7. The van der Waals surface area contributed by atoms with Gasteiger partial charge in [0, 0.05) is 81.9 Å². The van der Waals surface area contributed by atoms with E-state index in [4.69, 9.17) is 15.2 Å². The third kappa shape index (κ3) is 12.0. The van der Waals surface area contributed by atoms with Crippen molar-refractivity contribution in [3.63, 3.8) is 0 Å². The summed E-state index contributed by atoms with van der Waals surface area (Å²) in [6, 6.07) is 38.2. The Morgan fingerprint density at radius 2 is 1.46 bits per heavy atom. The molecular formula is C48H54N6O7. The molecule has 2 heterocycles. The molecule has 2 amide bonds. The van der Waals surface area contributed by atoms with Crippen molar-refractivity contribution in [3.8, 4) is 11.1 Å². The fourth-order valence-electron chi connectivity index (χ4n) is 7.85. The third-order valence-electron chi connectivity index (χ3n) is 11.4. The highest BCUT2D eigenvalue weighted by molar-refractivity contribution is 5.93. The lowest BCUT2D eigenvalue weighted by Gasteiger charge is -2.41. The van der Waals surface area contributed by atoms with Gasteiger partial charge in [-0.15, -0.1) is 0 Å². The molecule has 0 unspecified atom stereocenters. The molecule has 5 aromatic carbocycles. The quantitative estimate of drug-likeness (QED) is 0.0313. The maximum Gasteiger partial charge on any atom is 0.269 e. The van der Waals surface area contributed by atoms with Gasteiger partial charge in [0.15, 0.2) is 6.29 Å². The summed E-state index contributed by atoms with van der Waals surface area (Å²) < 4.78 is 13.3. The number of nitrogens with two attached hydrogens (primary N) is 1. The van der Waals surface area contributed by atoms with E-state index in [1.165, 1.54) is 0 Å². The van der Waals surface area contributed by atoms with Crippen molar-refractivity contribution in [1.82, 2.24) is 10.2 Å². The minimum absolute atomic E-state index is 0.0193. The second-order valence-electron chi connectivity index (χ2n) is 15.7. The van der Waals surface area contributed by atoms with Gasteiger partial charge >= 0.3 is 0 Å². The van der Waals surface area contributed by atoms with E-state index in [1.54, 1.807) is 24.3 Å². The van der Waals surface area contributed by atoms with Crippen molar-refractivity contribution >= 4 is 34.6 Å². The number of ether oxygens (including phenoxy) is 2. The molecule has 13 nitrogen and oxygen atoms in total. The average molecular weight is 827 g/mol. The zero-order chi connectivity index (χ0) is 42.6. The molecule has 5 N–H and O–H groups in total. The number of carbonyl (C=O) groups excluding carboxylic acids is 2. The number of nitrogens with one attached hydrogen (secondary N) is 2. The van der Waals surface area contributed by atoms with Gasteiger partial charge in [-0.3, -0.25) is 24.6 Å². The Morgan fingerprint density at radius 3 is 2.16 bits per heavy atom. The first-order valence-corrected chi connectivity index (χ1v) is 21.0. The molecule has 0 aromatic heterocycles. The first kappa shape index (κ1) is 43.0. The highest BCUT2D eigenvalue weighted by atomic mass is 16.7. The number of hydrogen-bond acceptors (Lipinski definition) is 10. The van der Waals surface area contributed by atoms with Crippen LogP contribution in [0.5, 0.6) is 0 Å². The summed E-state index contributed by atoms with van der Waals surface area (Å²) in [4.78, 5) is 40.3. The largest absolute Gasteiger partial charge is 0.397 e. The maximum absolute atomic E-state index is 12.6. The third-order valence-corrected chi connectivity index (χ3v) is 11.4. The smallest absolute Gasteiger partial charge is 0.269 e. The molecule has 61 heavy (non-hydrogen) atoms. The lowest BCUT2D eigenvalue weighted by molar-refractivity contribution is -0.384. The van der Waals surface area contributed by atoms with Crippen LogP contribution < -0.4 is 21.3 Å². The number of hydrogen-bond donors (Lipinski definition) is 4. The van der Waals surface area contributed by atoms with E-state index in [0.717, 1.165) is 78.2 Å². The number of anilines is 3. The lowest BCUT2D eigenvalue weighted by Crippen LogP contribution is -2.49. The van der Waals surface area contributed by atoms with Crippen molar-refractivity contribution in [3.05, 3.63) is 154 Å². The molecule has 0 radical (unpaired) electrons. The number of unbranched alkanes of at least 4 members (excludes halogenated alkanes) is 2. The van der Waals surface area contributed by atoms with Gasteiger partial charge in [0.1, 0.15) is 0 Å². The second kappa shape index (κ2) is 20.9. The van der Waals surface area contributed by atoms with Gasteiger partial charge in [-0.25, -0.2) is 0 Å². The number of aliphatic hydroxyl groups excluding tert-OH is 1. The van der Waals surface area contributed by atoms with Crippen LogP contribution in [0.3, 0.4) is 0 Å². The number of aliphatic hydroxyl groups is 1. The van der Waals surface area contributed by atoms with Crippen LogP contribution in [0.15, 0.2) is 121 Å². The van der Waals surface area contributed by atoms with E-state index in [2.05, 4.69) is 44.7 Å². The standard InChI is InChI=1S/C48H54N6O7/c49-43-9-4-5-10-44(43)51-47(57)12-3-1-2-11-46(56)50-31-35-7-6-8-39(29-35)36-17-19-38(20-18-36)48-60-42(30-45(61-48)37-15-13-34(33-55)14-16-37)32-52-25-27-53(28-26-52)40-21-23-41(24-22-40)54(58)59/h4-10,13-24,29,42,45,48,55H,1-3,11-12,25-28,30-33,49H2,(H,50,56)(H,51,57)/t42-,45+,48+/m1/s1. The number of carbonyl (C=O) groups is 2. The summed E-state index contributed by atoms with van der Waals surface area (Å²) in [5.74, 6) is -0.104. The van der Waals surface area contributed by atoms with Gasteiger partial charge in [0.05, 0.1) is 35.1 Å². The van der Waals surface area contributed by atoms with Crippen LogP contribution in [0.25, 0.3) is 11.1 Å². The monoisotopic (exact) mass is 826 g/mol. The number of nitro groups is 1. The van der Waals surface area contributed by atoms with Crippen molar-refractivity contribution in [2.45, 2.75) is 70.2 Å². The summed E-state index contributed by atoms with van der Waals surface area (Å²) in [7, 11) is 0. The van der Waals surface area contributed by atoms with Gasteiger partial charge in [0.25, 0.3) is 5.69 Å². The molecule has 2 fully saturated rings. The maximum atomic E-state index is 12.6. The SMILES string of the molecule is Nc1ccccc1NC(=O)CCCCCC(=O)NCc1cccc(-c2ccc([C@H]3O[C@@H](CN4CCN(c5ccc([N+](=O)[O-])cc5)CC4)C[C@@H](c4ccc(CO)cc4)O3)cc2)c1. The number of rotatable bonds is 17. The van der Waals surface area contributed by atoms with Crippen molar-refractivity contribution < 1.29 is 29.1 Å². The molecule has 3 atom stereocenters.